The van der Waals surface area contributed by atoms with E-state index in [1.807, 2.05) is 6.07 Å². The lowest BCUT2D eigenvalue weighted by Gasteiger charge is -2.25. The molecule has 2 aromatic carbocycles. The van der Waals surface area contributed by atoms with E-state index in [0.717, 1.165) is 4.47 Å². The number of hydrogen-bond acceptors (Lipinski definition) is 2. The number of guanidine groups is 1. The number of halogens is 5. The minimum Gasteiger partial charge on any atom is -0.406 e. The molecule has 0 aliphatic carbocycles. The molecule has 0 radical (unpaired) electrons. The van der Waals surface area contributed by atoms with Crippen LogP contribution >= 0.6 is 31.9 Å². The van der Waals surface area contributed by atoms with Gasteiger partial charge in [-0.15, -0.1) is 13.2 Å². The van der Waals surface area contributed by atoms with Crippen molar-refractivity contribution in [2.75, 3.05) is 11.9 Å². The fraction of sp³-hybridized carbons (Fsp3) is 0.133. The van der Waals surface area contributed by atoms with E-state index < -0.39 is 6.36 Å². The van der Waals surface area contributed by atoms with Crippen LogP contribution in [-0.2, 0) is 0 Å². The highest BCUT2D eigenvalue weighted by molar-refractivity contribution is 9.11. The number of ether oxygens (including phenoxy) is 1. The van der Waals surface area contributed by atoms with Crippen LogP contribution < -0.4 is 15.4 Å². The Morgan fingerprint density at radius 1 is 1.17 bits per heavy atom. The third-order valence-electron chi connectivity index (χ3n) is 2.92. The Morgan fingerprint density at radius 2 is 1.88 bits per heavy atom. The van der Waals surface area contributed by atoms with Crippen LogP contribution in [0.5, 0.6) is 5.75 Å². The lowest BCUT2D eigenvalue weighted by Crippen LogP contribution is -2.33. The molecule has 0 aliphatic rings. The SMILES string of the molecule is CN=C(N)N(c1cccc(OC(F)(F)F)c1)c1cc(Br)ccc1Br. The van der Waals surface area contributed by atoms with Crippen LogP contribution in [-0.4, -0.2) is 19.4 Å². The van der Waals surface area contributed by atoms with E-state index in [2.05, 4.69) is 41.6 Å². The monoisotopic (exact) mass is 465 g/mol. The molecule has 0 saturated heterocycles. The third-order valence-corrected chi connectivity index (χ3v) is 4.08. The minimum atomic E-state index is -4.77. The molecule has 2 rings (SSSR count). The number of aliphatic imine (C=N–C) groups is 1. The zero-order chi connectivity index (χ0) is 17.9. The largest absolute Gasteiger partial charge is 0.573 e. The van der Waals surface area contributed by atoms with Crippen molar-refractivity contribution in [2.24, 2.45) is 10.7 Å². The van der Waals surface area contributed by atoms with E-state index in [1.54, 1.807) is 18.2 Å². The molecule has 4 nitrogen and oxygen atoms in total. The van der Waals surface area contributed by atoms with Crippen molar-refractivity contribution in [3.63, 3.8) is 0 Å². The Labute approximate surface area is 153 Å². The van der Waals surface area contributed by atoms with Crippen LogP contribution in [0.2, 0.25) is 0 Å². The Bertz CT molecular complexity index is 766. The van der Waals surface area contributed by atoms with Gasteiger partial charge in [0.2, 0.25) is 0 Å². The van der Waals surface area contributed by atoms with Crippen LogP contribution in [0, 0.1) is 0 Å². The average Bonchev–Trinajstić information content (AvgIpc) is 2.49. The molecule has 0 fully saturated rings. The quantitative estimate of drug-likeness (QED) is 0.500. The molecule has 0 amide bonds. The van der Waals surface area contributed by atoms with Crippen molar-refractivity contribution in [3.8, 4) is 5.75 Å². The highest BCUT2D eigenvalue weighted by Crippen LogP contribution is 2.36. The maximum absolute atomic E-state index is 12.4. The van der Waals surface area contributed by atoms with Gasteiger partial charge in [0.25, 0.3) is 0 Å². The van der Waals surface area contributed by atoms with Gasteiger partial charge in [-0.05, 0) is 46.3 Å². The smallest absolute Gasteiger partial charge is 0.406 e. The molecule has 0 aromatic heterocycles. The molecular formula is C15H12Br2F3N3O. The molecule has 0 heterocycles. The summed E-state index contributed by atoms with van der Waals surface area (Å²) in [5.41, 5.74) is 6.94. The number of nitrogens with two attached hydrogens (primary N) is 1. The van der Waals surface area contributed by atoms with Crippen molar-refractivity contribution in [2.45, 2.75) is 6.36 Å². The summed E-state index contributed by atoms with van der Waals surface area (Å²) in [6.07, 6.45) is -4.77. The van der Waals surface area contributed by atoms with Gasteiger partial charge < -0.3 is 10.5 Å². The van der Waals surface area contributed by atoms with Crippen LogP contribution in [0.4, 0.5) is 24.5 Å². The highest BCUT2D eigenvalue weighted by Gasteiger charge is 2.31. The third kappa shape index (κ3) is 4.64. The molecule has 0 unspecified atom stereocenters. The van der Waals surface area contributed by atoms with Gasteiger partial charge in [0, 0.05) is 22.1 Å². The Morgan fingerprint density at radius 3 is 2.50 bits per heavy atom. The molecule has 0 spiro atoms. The summed E-state index contributed by atoms with van der Waals surface area (Å²) in [6.45, 7) is 0. The van der Waals surface area contributed by atoms with E-state index in [1.165, 1.54) is 30.1 Å². The number of hydrogen-bond donors (Lipinski definition) is 1. The first-order chi connectivity index (χ1) is 11.2. The number of anilines is 2. The Kier molecular flexibility index (Phi) is 5.76. The standard InChI is InChI=1S/C15H12Br2F3N3O/c1-22-14(21)23(13-7-9(16)5-6-12(13)17)10-3-2-4-11(8-10)24-15(18,19)20/h2-8H,1H3,(H2,21,22). The molecule has 2 N–H and O–H groups in total. The van der Waals surface area contributed by atoms with Crippen molar-refractivity contribution < 1.29 is 17.9 Å². The Hall–Kier alpha value is -1.74. The van der Waals surface area contributed by atoms with Crippen LogP contribution in [0.25, 0.3) is 0 Å². The minimum absolute atomic E-state index is 0.109. The lowest BCUT2D eigenvalue weighted by molar-refractivity contribution is -0.274. The first-order valence-corrected chi connectivity index (χ1v) is 8.13. The first kappa shape index (κ1) is 18.6. The topological polar surface area (TPSA) is 50.8 Å². The molecule has 24 heavy (non-hydrogen) atoms. The van der Waals surface area contributed by atoms with Crippen LogP contribution in [0.1, 0.15) is 0 Å². The fourth-order valence-corrected chi connectivity index (χ4v) is 2.74. The van der Waals surface area contributed by atoms with E-state index in [0.29, 0.717) is 15.8 Å². The zero-order valence-electron chi connectivity index (χ0n) is 12.3. The maximum Gasteiger partial charge on any atom is 0.573 e. The second-order valence-electron chi connectivity index (χ2n) is 4.56. The molecule has 9 heteroatoms. The van der Waals surface area contributed by atoms with Gasteiger partial charge >= 0.3 is 6.36 Å². The maximum atomic E-state index is 12.4. The van der Waals surface area contributed by atoms with Gasteiger partial charge in [-0.25, -0.2) is 0 Å². The number of benzene rings is 2. The van der Waals surface area contributed by atoms with Crippen LogP contribution in [0.15, 0.2) is 56.4 Å². The predicted octanol–water partition coefficient (Wildman–Crippen LogP) is 5.19. The predicted molar refractivity (Wildman–Crippen MR) is 94.7 cm³/mol. The summed E-state index contributed by atoms with van der Waals surface area (Å²) in [4.78, 5) is 5.45. The summed E-state index contributed by atoms with van der Waals surface area (Å²) in [5.74, 6) is -0.238. The second-order valence-corrected chi connectivity index (χ2v) is 6.33. The number of alkyl halides is 3. The van der Waals surface area contributed by atoms with Gasteiger partial charge in [0.1, 0.15) is 5.75 Å². The van der Waals surface area contributed by atoms with Gasteiger partial charge in [-0.1, -0.05) is 22.0 Å². The summed E-state index contributed by atoms with van der Waals surface area (Å²) in [7, 11) is 1.49. The highest BCUT2D eigenvalue weighted by atomic mass is 79.9. The van der Waals surface area contributed by atoms with E-state index in [4.69, 9.17) is 5.73 Å². The molecule has 0 aliphatic heterocycles. The summed E-state index contributed by atoms with van der Waals surface area (Å²) in [5, 5.41) is 0. The molecule has 0 saturated carbocycles. The number of rotatable bonds is 3. The van der Waals surface area contributed by atoms with Crippen molar-refractivity contribution >= 4 is 49.2 Å². The zero-order valence-corrected chi connectivity index (χ0v) is 15.5. The molecular weight excluding hydrogens is 455 g/mol. The van der Waals surface area contributed by atoms with Crippen molar-refractivity contribution in [1.29, 1.82) is 0 Å². The normalized spacial score (nSPS) is 12.2. The fourth-order valence-electron chi connectivity index (χ4n) is 1.97. The molecule has 128 valence electrons. The van der Waals surface area contributed by atoms with Gasteiger partial charge in [-0.2, -0.15) is 0 Å². The summed E-state index contributed by atoms with van der Waals surface area (Å²) in [6, 6.07) is 10.9. The van der Waals surface area contributed by atoms with Gasteiger partial charge in [-0.3, -0.25) is 9.89 Å². The van der Waals surface area contributed by atoms with Crippen LogP contribution in [0.3, 0.4) is 0 Å². The molecule has 2 aromatic rings. The van der Waals surface area contributed by atoms with Gasteiger partial charge in [0.05, 0.1) is 11.4 Å². The Balaban J connectivity index is 2.54. The van der Waals surface area contributed by atoms with E-state index in [9.17, 15) is 13.2 Å². The van der Waals surface area contributed by atoms with Crippen molar-refractivity contribution in [3.05, 3.63) is 51.4 Å². The second kappa shape index (κ2) is 7.43. The van der Waals surface area contributed by atoms with E-state index in [-0.39, 0.29) is 11.7 Å². The van der Waals surface area contributed by atoms with Crippen molar-refractivity contribution in [1.82, 2.24) is 0 Å². The summed E-state index contributed by atoms with van der Waals surface area (Å²) < 4.78 is 42.8. The summed E-state index contributed by atoms with van der Waals surface area (Å²) >= 11 is 6.77. The number of nitrogens with zero attached hydrogens (tertiary/aromatic N) is 2. The average molecular weight is 467 g/mol. The molecule has 0 bridgehead atoms. The van der Waals surface area contributed by atoms with Gasteiger partial charge in [0.15, 0.2) is 5.96 Å². The first-order valence-electron chi connectivity index (χ1n) is 6.54. The lowest BCUT2D eigenvalue weighted by atomic mass is 10.2. The van der Waals surface area contributed by atoms with E-state index >= 15 is 0 Å². The molecule has 0 atom stereocenters.